The van der Waals surface area contributed by atoms with Crippen molar-refractivity contribution in [1.29, 1.82) is 0 Å². The minimum absolute atomic E-state index is 1.08. The lowest BCUT2D eigenvalue weighted by Gasteiger charge is -2.28. The lowest BCUT2D eigenvalue weighted by molar-refractivity contribution is 1.18. The number of fused-ring (bicyclic) bond motifs is 4. The fraction of sp³-hybridized carbons (Fsp3) is 0. The minimum Gasteiger partial charge on any atom is -0.310 e. The molecule has 0 bridgehead atoms. The van der Waals surface area contributed by atoms with Gasteiger partial charge in [0.25, 0.3) is 0 Å². The molecule has 0 aliphatic rings. The molecule has 0 spiro atoms. The third-order valence-electron chi connectivity index (χ3n) is 13.0. The Balaban J connectivity index is 0.976. The Hall–Kier alpha value is -8.72. The number of nitrogens with zero attached hydrogens (tertiary/aromatic N) is 2. The Labute approximate surface area is 385 Å². The van der Waals surface area contributed by atoms with Crippen molar-refractivity contribution in [3.63, 3.8) is 0 Å². The molecule has 0 radical (unpaired) electrons. The zero-order valence-corrected chi connectivity index (χ0v) is 36.3. The second-order valence-corrected chi connectivity index (χ2v) is 16.9. The SMILES string of the molecule is c1ccc(-c2ccc(-c3ccccc3N(c3ccc(-c4ccc(-c5cccc6ccccc56)cc4)cc3)c3cccc(-c4cccc5c4c4ccccc4n5-c4ccccc4)c3)cc2)cc1. The highest BCUT2D eigenvalue weighted by Gasteiger charge is 2.20. The van der Waals surface area contributed by atoms with E-state index in [1.54, 1.807) is 0 Å². The smallest absolute Gasteiger partial charge is 0.0547 e. The summed E-state index contributed by atoms with van der Waals surface area (Å²) in [5.41, 5.74) is 18.7. The lowest BCUT2D eigenvalue weighted by Crippen LogP contribution is -2.11. The van der Waals surface area contributed by atoms with Crippen LogP contribution >= 0.6 is 0 Å². The maximum atomic E-state index is 2.42. The van der Waals surface area contributed by atoms with Crippen LogP contribution < -0.4 is 4.90 Å². The van der Waals surface area contributed by atoms with Crippen LogP contribution in [0.25, 0.3) is 93.9 Å². The van der Waals surface area contributed by atoms with Crippen molar-refractivity contribution in [2.45, 2.75) is 0 Å². The van der Waals surface area contributed by atoms with Crippen LogP contribution in [-0.4, -0.2) is 4.57 Å². The van der Waals surface area contributed by atoms with Gasteiger partial charge in [0.2, 0.25) is 0 Å². The number of aromatic nitrogens is 1. The molecule has 0 saturated carbocycles. The fourth-order valence-corrected chi connectivity index (χ4v) is 9.86. The minimum atomic E-state index is 1.08. The average Bonchev–Trinajstić information content (AvgIpc) is 3.74. The molecule has 1 heterocycles. The van der Waals surface area contributed by atoms with E-state index in [2.05, 4.69) is 276 Å². The zero-order chi connectivity index (χ0) is 43.8. The first-order valence-corrected chi connectivity index (χ1v) is 22.7. The summed E-state index contributed by atoms with van der Waals surface area (Å²) in [7, 11) is 0. The molecule has 11 aromatic carbocycles. The summed E-state index contributed by atoms with van der Waals surface area (Å²) in [4.78, 5) is 2.42. The second kappa shape index (κ2) is 16.8. The van der Waals surface area contributed by atoms with Gasteiger partial charge in [0.1, 0.15) is 0 Å². The number of anilines is 3. The number of benzene rings is 11. The van der Waals surface area contributed by atoms with E-state index in [0.717, 1.165) is 39.4 Å². The van der Waals surface area contributed by atoms with Crippen LogP contribution in [0.15, 0.2) is 267 Å². The number of hydrogen-bond donors (Lipinski definition) is 0. The Bertz CT molecular complexity index is 3660. The predicted octanol–water partition coefficient (Wildman–Crippen LogP) is 17.7. The molecule has 0 unspecified atom stereocenters. The predicted molar refractivity (Wildman–Crippen MR) is 280 cm³/mol. The first-order chi connectivity index (χ1) is 32.7. The third kappa shape index (κ3) is 7.02. The maximum Gasteiger partial charge on any atom is 0.0547 e. The second-order valence-electron chi connectivity index (χ2n) is 16.9. The Morgan fingerprint density at radius 3 is 1.52 bits per heavy atom. The van der Waals surface area contributed by atoms with Gasteiger partial charge in [-0.05, 0) is 115 Å². The van der Waals surface area contributed by atoms with Crippen LogP contribution in [0, 0.1) is 0 Å². The van der Waals surface area contributed by atoms with E-state index < -0.39 is 0 Å². The molecule has 2 heteroatoms. The first kappa shape index (κ1) is 38.9. The van der Waals surface area contributed by atoms with Gasteiger partial charge >= 0.3 is 0 Å². The molecule has 2 nitrogen and oxygen atoms in total. The normalized spacial score (nSPS) is 11.3. The molecule has 12 aromatic rings. The molecule has 1 aromatic heterocycles. The maximum absolute atomic E-state index is 2.42. The van der Waals surface area contributed by atoms with Crippen molar-refractivity contribution in [1.82, 2.24) is 4.57 Å². The number of para-hydroxylation sites is 3. The summed E-state index contributed by atoms with van der Waals surface area (Å²) < 4.78 is 2.39. The van der Waals surface area contributed by atoms with E-state index in [1.807, 2.05) is 0 Å². The summed E-state index contributed by atoms with van der Waals surface area (Å²) in [5.74, 6) is 0. The van der Waals surface area contributed by atoms with Crippen molar-refractivity contribution in [3.05, 3.63) is 267 Å². The van der Waals surface area contributed by atoms with Crippen LogP contribution in [0.1, 0.15) is 0 Å². The number of rotatable bonds is 9. The summed E-state index contributed by atoms with van der Waals surface area (Å²) in [5, 5.41) is 5.00. The van der Waals surface area contributed by atoms with E-state index in [4.69, 9.17) is 0 Å². The van der Waals surface area contributed by atoms with Crippen LogP contribution in [0.5, 0.6) is 0 Å². The van der Waals surface area contributed by atoms with Gasteiger partial charge in [0.05, 0.1) is 16.7 Å². The van der Waals surface area contributed by atoms with E-state index in [0.29, 0.717) is 0 Å². The molecular weight excluding hydrogens is 797 g/mol. The molecule has 0 amide bonds. The van der Waals surface area contributed by atoms with Gasteiger partial charge in [-0.1, -0.05) is 212 Å². The Morgan fingerprint density at radius 1 is 0.273 bits per heavy atom. The molecule has 0 atom stereocenters. The quantitative estimate of drug-likeness (QED) is 0.141. The van der Waals surface area contributed by atoms with Crippen molar-refractivity contribution >= 4 is 49.6 Å². The Morgan fingerprint density at radius 2 is 0.758 bits per heavy atom. The zero-order valence-electron chi connectivity index (χ0n) is 36.3. The molecular formula is C64H44N2. The van der Waals surface area contributed by atoms with E-state index in [1.165, 1.54) is 71.5 Å². The average molecular weight is 841 g/mol. The molecule has 0 fully saturated rings. The molecule has 0 N–H and O–H groups in total. The lowest BCUT2D eigenvalue weighted by atomic mass is 9.96. The van der Waals surface area contributed by atoms with E-state index in [-0.39, 0.29) is 0 Å². The van der Waals surface area contributed by atoms with Gasteiger partial charge in [-0.15, -0.1) is 0 Å². The molecule has 310 valence electrons. The van der Waals surface area contributed by atoms with Crippen molar-refractivity contribution in [2.75, 3.05) is 4.90 Å². The van der Waals surface area contributed by atoms with Gasteiger partial charge < -0.3 is 9.47 Å². The van der Waals surface area contributed by atoms with E-state index >= 15 is 0 Å². The van der Waals surface area contributed by atoms with Crippen molar-refractivity contribution in [3.8, 4) is 61.3 Å². The third-order valence-corrected chi connectivity index (χ3v) is 13.0. The molecule has 66 heavy (non-hydrogen) atoms. The van der Waals surface area contributed by atoms with E-state index in [9.17, 15) is 0 Å². The van der Waals surface area contributed by atoms with Gasteiger partial charge in [0, 0.05) is 33.4 Å². The molecule has 0 aliphatic carbocycles. The van der Waals surface area contributed by atoms with Crippen LogP contribution in [0.2, 0.25) is 0 Å². The largest absolute Gasteiger partial charge is 0.310 e. The van der Waals surface area contributed by atoms with Gasteiger partial charge in [-0.2, -0.15) is 0 Å². The Kier molecular flexibility index (Phi) is 9.89. The topological polar surface area (TPSA) is 8.17 Å². The highest BCUT2D eigenvalue weighted by molar-refractivity contribution is 6.16. The summed E-state index contributed by atoms with van der Waals surface area (Å²) >= 11 is 0. The van der Waals surface area contributed by atoms with Crippen molar-refractivity contribution < 1.29 is 0 Å². The standard InChI is InChI=1S/C64H44N2/c1-3-16-45(17-4-1)46-34-38-51(39-35-46)58-25-9-11-29-61(58)65(54-42-40-48(41-43-54)47-32-36-50(37-33-47)57-27-14-19-49-18-7-8-24-56(49)57)55-23-13-20-52(44-55)59-28-15-31-63-64(59)60-26-10-12-30-62(60)66(63)53-21-5-2-6-22-53/h1-44H. The highest BCUT2D eigenvalue weighted by atomic mass is 15.1. The van der Waals surface area contributed by atoms with Crippen LogP contribution in [-0.2, 0) is 0 Å². The number of hydrogen-bond acceptors (Lipinski definition) is 1. The van der Waals surface area contributed by atoms with Crippen LogP contribution in [0.4, 0.5) is 17.1 Å². The molecule has 0 aliphatic heterocycles. The first-order valence-electron chi connectivity index (χ1n) is 22.7. The molecule has 0 saturated heterocycles. The highest BCUT2D eigenvalue weighted by Crippen LogP contribution is 2.45. The fourth-order valence-electron chi connectivity index (χ4n) is 9.86. The van der Waals surface area contributed by atoms with Gasteiger partial charge in [0.15, 0.2) is 0 Å². The summed E-state index contributed by atoms with van der Waals surface area (Å²) in [6.45, 7) is 0. The van der Waals surface area contributed by atoms with Gasteiger partial charge in [-0.25, -0.2) is 0 Å². The summed E-state index contributed by atoms with van der Waals surface area (Å²) in [6.07, 6.45) is 0. The van der Waals surface area contributed by atoms with Crippen molar-refractivity contribution in [2.24, 2.45) is 0 Å². The molecule has 12 rings (SSSR count). The van der Waals surface area contributed by atoms with Gasteiger partial charge in [-0.3, -0.25) is 0 Å². The monoisotopic (exact) mass is 840 g/mol. The van der Waals surface area contributed by atoms with Crippen LogP contribution in [0.3, 0.4) is 0 Å². The summed E-state index contributed by atoms with van der Waals surface area (Å²) in [6, 6.07) is 96.8.